The van der Waals surface area contributed by atoms with E-state index in [1.54, 1.807) is 42.7 Å². The highest BCUT2D eigenvalue weighted by Gasteiger charge is 2.37. The minimum absolute atomic E-state index is 0.183. The number of hydrogen-bond acceptors (Lipinski definition) is 6. The SMILES string of the molecule is COC1(c2ccccc2)C#CCC#CCC#CC(OC)(c2ccccc2)C#CC(OC)(c2ccccc2)C#CC(OC)(c2ccccc2)C#CCC#CCC#CC(OC)(c2ccccc2)C#CC(OC)(c2ccccc2)C#C1. The number of hydrogen-bond donors (Lipinski definition) is 0. The lowest BCUT2D eigenvalue weighted by molar-refractivity contribution is 0.0761. The first-order valence-electron chi connectivity index (χ1n) is 25.0. The molecule has 380 valence electrons. The molecule has 0 aliphatic heterocycles. The highest BCUT2D eigenvalue weighted by Crippen LogP contribution is 2.33. The molecular weight excluding hydrogens is 961 g/mol. The minimum Gasteiger partial charge on any atom is -0.351 e. The molecule has 6 heteroatoms. The third-order valence-corrected chi connectivity index (χ3v) is 12.6. The Kier molecular flexibility index (Phi) is 19.9. The molecule has 6 aromatic rings. The third kappa shape index (κ3) is 13.4. The molecule has 0 heterocycles. The van der Waals surface area contributed by atoms with E-state index in [0.29, 0.717) is 33.4 Å². The first-order chi connectivity index (χ1) is 38.2. The van der Waals surface area contributed by atoms with Crippen LogP contribution >= 0.6 is 0 Å². The Labute approximate surface area is 462 Å². The lowest BCUT2D eigenvalue weighted by Crippen LogP contribution is -2.31. The number of rotatable bonds is 12. The van der Waals surface area contributed by atoms with Crippen molar-refractivity contribution in [2.75, 3.05) is 42.7 Å². The summed E-state index contributed by atoms with van der Waals surface area (Å²) in [6.07, 6.45) is 0.730. The fourth-order valence-corrected chi connectivity index (χ4v) is 8.22. The molecule has 0 amide bonds. The second kappa shape index (κ2) is 27.5. The molecule has 0 spiro atoms. The average molecular weight is 1020 g/mol. The molecule has 0 saturated heterocycles. The smallest absolute Gasteiger partial charge is 0.216 e. The van der Waals surface area contributed by atoms with Crippen LogP contribution in [0.5, 0.6) is 0 Å². The van der Waals surface area contributed by atoms with Gasteiger partial charge in [-0.25, -0.2) is 0 Å². The van der Waals surface area contributed by atoms with Crippen molar-refractivity contribution in [1.82, 2.24) is 0 Å². The Balaban J connectivity index is 1.45. The van der Waals surface area contributed by atoms with Crippen LogP contribution in [0.4, 0.5) is 0 Å². The molecule has 6 nitrogen and oxygen atoms in total. The second-order valence-corrected chi connectivity index (χ2v) is 17.1. The molecule has 0 fully saturated rings. The average Bonchev–Trinajstić information content (AvgIpc) is 3.53. The van der Waals surface area contributed by atoms with Crippen LogP contribution in [0, 0.1) is 118 Å². The van der Waals surface area contributed by atoms with E-state index < -0.39 is 33.6 Å². The van der Waals surface area contributed by atoms with E-state index in [0.717, 1.165) is 0 Å². The van der Waals surface area contributed by atoms with E-state index in [1.165, 1.54) is 0 Å². The zero-order valence-corrected chi connectivity index (χ0v) is 44.6. The van der Waals surface area contributed by atoms with Crippen LogP contribution in [0.2, 0.25) is 0 Å². The lowest BCUT2D eigenvalue weighted by atomic mass is 9.88. The minimum atomic E-state index is -1.52. The summed E-state index contributed by atoms with van der Waals surface area (Å²) in [5.41, 5.74) is -4.56. The van der Waals surface area contributed by atoms with E-state index in [-0.39, 0.29) is 25.7 Å². The largest absolute Gasteiger partial charge is 0.351 e. The van der Waals surface area contributed by atoms with Crippen LogP contribution < -0.4 is 0 Å². The summed E-state index contributed by atoms with van der Waals surface area (Å²) in [5.74, 6) is 65.8. The molecule has 0 N–H and O–H groups in total. The van der Waals surface area contributed by atoms with Gasteiger partial charge in [0.15, 0.2) is 0 Å². The molecule has 4 unspecified atom stereocenters. The molecular formula is C72H56O6. The first kappa shape index (κ1) is 56.4. The summed E-state index contributed by atoms with van der Waals surface area (Å²) in [6.45, 7) is 0. The Morgan fingerprint density at radius 3 is 0.487 bits per heavy atom. The molecule has 0 saturated carbocycles. The van der Waals surface area contributed by atoms with Gasteiger partial charge in [-0.15, -0.1) is 0 Å². The predicted molar refractivity (Wildman–Crippen MR) is 307 cm³/mol. The Morgan fingerprint density at radius 2 is 0.346 bits per heavy atom. The summed E-state index contributed by atoms with van der Waals surface area (Å²) in [4.78, 5) is 0. The number of ether oxygens (including phenoxy) is 6. The summed E-state index contributed by atoms with van der Waals surface area (Å²) >= 11 is 0. The molecule has 0 radical (unpaired) electrons. The van der Waals surface area contributed by atoms with E-state index in [1.807, 2.05) is 182 Å². The van der Waals surface area contributed by atoms with Crippen LogP contribution in [-0.2, 0) is 62.0 Å². The zero-order valence-electron chi connectivity index (χ0n) is 44.6. The van der Waals surface area contributed by atoms with Crippen LogP contribution in [0.25, 0.3) is 0 Å². The fourth-order valence-electron chi connectivity index (χ4n) is 8.22. The summed E-state index contributed by atoms with van der Waals surface area (Å²) in [5, 5.41) is 0. The number of methoxy groups -OCH3 is 6. The van der Waals surface area contributed by atoms with E-state index in [2.05, 4.69) is 118 Å². The van der Waals surface area contributed by atoms with Gasteiger partial charge in [0, 0.05) is 76.0 Å². The van der Waals surface area contributed by atoms with Gasteiger partial charge in [0.2, 0.25) is 33.6 Å². The number of benzene rings is 6. The molecule has 0 aromatic heterocycles. The Bertz CT molecular complexity index is 3220. The predicted octanol–water partition coefficient (Wildman–Crippen LogP) is 10.8. The van der Waals surface area contributed by atoms with Crippen LogP contribution in [0.3, 0.4) is 0 Å². The van der Waals surface area contributed by atoms with Crippen LogP contribution in [0.15, 0.2) is 182 Å². The molecule has 4 atom stereocenters. The Morgan fingerprint density at radius 1 is 0.205 bits per heavy atom. The van der Waals surface area contributed by atoms with Crippen molar-refractivity contribution in [2.45, 2.75) is 59.3 Å². The molecule has 1 aliphatic carbocycles. The van der Waals surface area contributed by atoms with E-state index in [9.17, 15) is 0 Å². The van der Waals surface area contributed by atoms with Gasteiger partial charge in [-0.05, 0) is 71.0 Å². The van der Waals surface area contributed by atoms with Gasteiger partial charge in [0.1, 0.15) is 0 Å². The van der Waals surface area contributed by atoms with Gasteiger partial charge in [0.05, 0.1) is 25.7 Å². The standard InChI is InChI=1S/C72H56O6/c1-73-67(61-37-21-15-22-38-61)49-33-11-7-8-12-34-51-69(75-3,63-41-25-17-26-42-63)55-59-72(78-6,66-47-31-20-32-48-66)60-56-70(76-4,64-43-27-18-28-44-64)52-36-14-10-9-13-35-50-68(74-2,62-39-23-16-24-40-62)54-58-71(77-5,57-53-67)65-45-29-19-30-46-65/h15-32,37-48H,11-14H2,1-6H3. The quantitative estimate of drug-likeness (QED) is 0.114. The van der Waals surface area contributed by atoms with Crippen molar-refractivity contribution in [3.8, 4) is 118 Å². The topological polar surface area (TPSA) is 55.4 Å². The molecule has 1 aliphatic rings. The first-order valence-corrected chi connectivity index (χ1v) is 25.0. The molecule has 78 heavy (non-hydrogen) atoms. The van der Waals surface area contributed by atoms with Crippen LogP contribution in [0.1, 0.15) is 59.1 Å². The van der Waals surface area contributed by atoms with Crippen molar-refractivity contribution < 1.29 is 28.4 Å². The summed E-state index contributed by atoms with van der Waals surface area (Å²) in [7, 11) is 9.41. The van der Waals surface area contributed by atoms with E-state index >= 15 is 0 Å². The van der Waals surface area contributed by atoms with Gasteiger partial charge in [0.25, 0.3) is 0 Å². The maximum atomic E-state index is 6.35. The van der Waals surface area contributed by atoms with Gasteiger partial charge >= 0.3 is 0 Å². The van der Waals surface area contributed by atoms with Gasteiger partial charge in [-0.3, -0.25) is 0 Å². The van der Waals surface area contributed by atoms with Crippen molar-refractivity contribution in [3.63, 3.8) is 0 Å². The Hall–Kier alpha value is -9.32. The van der Waals surface area contributed by atoms with Gasteiger partial charge in [-0.2, -0.15) is 0 Å². The van der Waals surface area contributed by atoms with Gasteiger partial charge in [-0.1, -0.05) is 229 Å². The van der Waals surface area contributed by atoms with Crippen LogP contribution in [-0.4, -0.2) is 42.7 Å². The maximum absolute atomic E-state index is 6.35. The monoisotopic (exact) mass is 1020 g/mol. The molecule has 0 bridgehead atoms. The lowest BCUT2D eigenvalue weighted by Gasteiger charge is -2.26. The zero-order chi connectivity index (χ0) is 54.9. The summed E-state index contributed by atoms with van der Waals surface area (Å²) in [6, 6.07) is 57.3. The molecule has 6 aromatic carbocycles. The fraction of sp³-hybridized carbons (Fsp3) is 0.222. The van der Waals surface area contributed by atoms with Crippen molar-refractivity contribution in [2.24, 2.45) is 0 Å². The third-order valence-electron chi connectivity index (χ3n) is 12.6. The van der Waals surface area contributed by atoms with Crippen molar-refractivity contribution >= 4 is 0 Å². The van der Waals surface area contributed by atoms with E-state index in [4.69, 9.17) is 28.4 Å². The van der Waals surface area contributed by atoms with Crippen molar-refractivity contribution in [3.05, 3.63) is 215 Å². The maximum Gasteiger partial charge on any atom is 0.216 e. The highest BCUT2D eigenvalue weighted by molar-refractivity contribution is 5.54. The van der Waals surface area contributed by atoms with Crippen molar-refractivity contribution in [1.29, 1.82) is 0 Å². The summed E-state index contributed by atoms with van der Waals surface area (Å²) < 4.78 is 37.8. The second-order valence-electron chi connectivity index (χ2n) is 17.1. The highest BCUT2D eigenvalue weighted by atomic mass is 16.5. The normalized spacial score (nSPS) is 23.7. The van der Waals surface area contributed by atoms with Gasteiger partial charge < -0.3 is 28.4 Å². The molecule has 7 rings (SSSR count).